The van der Waals surface area contributed by atoms with E-state index in [2.05, 4.69) is 15.9 Å². The number of hydrogen-bond donors (Lipinski definition) is 1. The Morgan fingerprint density at radius 1 is 1.00 bits per heavy atom. The molecule has 1 heterocycles. The summed E-state index contributed by atoms with van der Waals surface area (Å²) in [5.41, 5.74) is 2.34. The van der Waals surface area contributed by atoms with Gasteiger partial charge in [0.05, 0.1) is 13.4 Å². The van der Waals surface area contributed by atoms with Gasteiger partial charge in [0.2, 0.25) is 0 Å². The summed E-state index contributed by atoms with van der Waals surface area (Å²) in [5, 5.41) is 10.2. The third kappa shape index (κ3) is 2.43. The zero-order valence-corrected chi connectivity index (χ0v) is 12.9. The van der Waals surface area contributed by atoms with Crippen molar-refractivity contribution in [3.63, 3.8) is 0 Å². The van der Waals surface area contributed by atoms with Crippen LogP contribution < -0.4 is 4.74 Å². The zero-order chi connectivity index (χ0) is 14.8. The highest BCUT2D eigenvalue weighted by molar-refractivity contribution is 9.10. The van der Waals surface area contributed by atoms with Crippen LogP contribution in [0.25, 0.3) is 22.5 Å². The highest BCUT2D eigenvalue weighted by Gasteiger charge is 2.20. The maximum absolute atomic E-state index is 10.2. The highest BCUT2D eigenvalue weighted by atomic mass is 79.9. The fourth-order valence-electron chi connectivity index (χ4n) is 2.34. The molecule has 0 spiro atoms. The number of hydrogen-bond acceptors (Lipinski definition) is 3. The summed E-state index contributed by atoms with van der Waals surface area (Å²) in [5.74, 6) is 1.58. The first-order valence-corrected chi connectivity index (χ1v) is 7.20. The number of benzene rings is 2. The number of halogens is 1. The van der Waals surface area contributed by atoms with E-state index in [1.165, 1.54) is 0 Å². The largest absolute Gasteiger partial charge is 0.507 e. The molecule has 0 aliphatic rings. The van der Waals surface area contributed by atoms with Gasteiger partial charge in [-0.05, 0) is 30.3 Å². The Bertz CT molecular complexity index is 764. The molecule has 1 aromatic heterocycles. The van der Waals surface area contributed by atoms with Crippen molar-refractivity contribution in [2.45, 2.75) is 0 Å². The van der Waals surface area contributed by atoms with Gasteiger partial charge in [0.1, 0.15) is 17.3 Å². The van der Waals surface area contributed by atoms with Crippen LogP contribution in [0.15, 0.2) is 63.7 Å². The molecule has 0 radical (unpaired) electrons. The first-order valence-electron chi connectivity index (χ1n) is 6.41. The molecule has 0 fully saturated rings. The topological polar surface area (TPSA) is 42.6 Å². The molecular formula is C17H13BrO3. The van der Waals surface area contributed by atoms with Gasteiger partial charge in [0, 0.05) is 21.2 Å². The predicted molar refractivity (Wildman–Crippen MR) is 85.5 cm³/mol. The van der Waals surface area contributed by atoms with Crippen molar-refractivity contribution >= 4 is 15.9 Å². The second-order valence-corrected chi connectivity index (χ2v) is 5.35. The average Bonchev–Trinajstić information content (AvgIpc) is 3.01. The second kappa shape index (κ2) is 5.66. The Morgan fingerprint density at radius 2 is 1.81 bits per heavy atom. The Morgan fingerprint density at radius 3 is 2.48 bits per heavy atom. The molecule has 21 heavy (non-hydrogen) atoms. The van der Waals surface area contributed by atoms with Crippen LogP contribution in [-0.4, -0.2) is 12.2 Å². The van der Waals surface area contributed by atoms with Crippen LogP contribution in [0.1, 0.15) is 0 Å². The molecule has 0 atom stereocenters. The number of furan rings is 1. The van der Waals surface area contributed by atoms with Crippen molar-refractivity contribution in [2.75, 3.05) is 7.11 Å². The van der Waals surface area contributed by atoms with Gasteiger partial charge in [0.15, 0.2) is 0 Å². The van der Waals surface area contributed by atoms with Gasteiger partial charge in [-0.3, -0.25) is 0 Å². The van der Waals surface area contributed by atoms with E-state index in [0.717, 1.165) is 15.6 Å². The van der Waals surface area contributed by atoms with E-state index in [0.29, 0.717) is 17.1 Å². The molecule has 1 N–H and O–H groups in total. The highest BCUT2D eigenvalue weighted by Crippen LogP contribution is 2.46. The number of phenolic OH excluding ortho intramolecular Hbond substituents is 1. The number of methoxy groups -OCH3 is 1. The summed E-state index contributed by atoms with van der Waals surface area (Å²) < 4.78 is 11.9. The number of rotatable bonds is 3. The molecule has 0 unspecified atom stereocenters. The molecule has 0 amide bonds. The van der Waals surface area contributed by atoms with Gasteiger partial charge < -0.3 is 14.3 Å². The van der Waals surface area contributed by atoms with Crippen LogP contribution in [0, 0.1) is 0 Å². The van der Waals surface area contributed by atoms with E-state index in [-0.39, 0.29) is 5.75 Å². The average molecular weight is 345 g/mol. The molecule has 0 saturated carbocycles. The van der Waals surface area contributed by atoms with Crippen molar-refractivity contribution in [3.05, 3.63) is 59.3 Å². The van der Waals surface area contributed by atoms with Gasteiger partial charge in [-0.1, -0.05) is 34.1 Å². The van der Waals surface area contributed by atoms with Gasteiger partial charge in [-0.15, -0.1) is 0 Å². The van der Waals surface area contributed by atoms with Crippen LogP contribution in [0.4, 0.5) is 0 Å². The summed E-state index contributed by atoms with van der Waals surface area (Å²) in [6.45, 7) is 0. The predicted octanol–water partition coefficient (Wildman–Crippen LogP) is 5.09. The van der Waals surface area contributed by atoms with Crippen molar-refractivity contribution in [2.24, 2.45) is 0 Å². The first kappa shape index (κ1) is 13.8. The number of aromatic hydroxyl groups is 1. The summed E-state index contributed by atoms with van der Waals surface area (Å²) in [4.78, 5) is 0. The third-order valence-corrected chi connectivity index (χ3v) is 3.94. The maximum atomic E-state index is 10.2. The van der Waals surface area contributed by atoms with Gasteiger partial charge in [0.25, 0.3) is 0 Å². The quantitative estimate of drug-likeness (QED) is 0.719. The van der Waals surface area contributed by atoms with E-state index in [1.54, 1.807) is 25.5 Å². The Labute approximate surface area is 130 Å². The monoisotopic (exact) mass is 344 g/mol. The lowest BCUT2D eigenvalue weighted by Gasteiger charge is -2.15. The molecule has 3 nitrogen and oxygen atoms in total. The SMILES string of the molecule is COc1ccc(Br)c(-c2ccco2)c1-c1ccccc1O. The van der Waals surface area contributed by atoms with E-state index < -0.39 is 0 Å². The third-order valence-electron chi connectivity index (χ3n) is 3.28. The lowest BCUT2D eigenvalue weighted by atomic mass is 9.96. The molecule has 0 saturated heterocycles. The lowest BCUT2D eigenvalue weighted by Crippen LogP contribution is -1.92. The lowest BCUT2D eigenvalue weighted by molar-refractivity contribution is 0.415. The fourth-order valence-corrected chi connectivity index (χ4v) is 2.87. The minimum atomic E-state index is 0.196. The minimum absolute atomic E-state index is 0.196. The molecule has 0 aliphatic carbocycles. The van der Waals surface area contributed by atoms with Crippen LogP contribution in [-0.2, 0) is 0 Å². The number of phenols is 1. The number of para-hydroxylation sites is 1. The summed E-state index contributed by atoms with van der Waals surface area (Å²) in [6, 6.07) is 14.6. The summed E-state index contributed by atoms with van der Waals surface area (Å²) in [7, 11) is 1.61. The maximum Gasteiger partial charge on any atom is 0.135 e. The van der Waals surface area contributed by atoms with Crippen molar-refractivity contribution in [1.82, 2.24) is 0 Å². The molecule has 4 heteroatoms. The number of ether oxygens (including phenoxy) is 1. The Kier molecular flexibility index (Phi) is 3.71. The molecule has 0 aliphatic heterocycles. The van der Waals surface area contributed by atoms with E-state index in [1.807, 2.05) is 36.4 Å². The molecule has 2 aromatic carbocycles. The zero-order valence-electron chi connectivity index (χ0n) is 11.3. The van der Waals surface area contributed by atoms with Gasteiger partial charge in [-0.2, -0.15) is 0 Å². The summed E-state index contributed by atoms with van der Waals surface area (Å²) >= 11 is 3.56. The van der Waals surface area contributed by atoms with E-state index >= 15 is 0 Å². The van der Waals surface area contributed by atoms with Gasteiger partial charge >= 0.3 is 0 Å². The molecule has 3 aromatic rings. The smallest absolute Gasteiger partial charge is 0.135 e. The molecule has 106 valence electrons. The normalized spacial score (nSPS) is 10.6. The van der Waals surface area contributed by atoms with Crippen LogP contribution >= 0.6 is 15.9 Å². The molecule has 3 rings (SSSR count). The van der Waals surface area contributed by atoms with E-state index in [4.69, 9.17) is 9.15 Å². The molecular weight excluding hydrogens is 332 g/mol. The van der Waals surface area contributed by atoms with Crippen LogP contribution in [0.3, 0.4) is 0 Å². The van der Waals surface area contributed by atoms with Crippen LogP contribution in [0.5, 0.6) is 11.5 Å². The van der Waals surface area contributed by atoms with Gasteiger partial charge in [-0.25, -0.2) is 0 Å². The second-order valence-electron chi connectivity index (χ2n) is 4.49. The van der Waals surface area contributed by atoms with Crippen molar-refractivity contribution in [1.29, 1.82) is 0 Å². The molecule has 0 bridgehead atoms. The van der Waals surface area contributed by atoms with Crippen molar-refractivity contribution in [3.8, 4) is 33.9 Å². The standard InChI is InChI=1S/C17H13BrO3/c1-20-14-9-8-12(18)17(15-7-4-10-21-15)16(14)11-5-2-3-6-13(11)19/h2-10,19H,1H3. The first-order chi connectivity index (χ1) is 10.2. The minimum Gasteiger partial charge on any atom is -0.507 e. The van der Waals surface area contributed by atoms with Crippen molar-refractivity contribution < 1.29 is 14.3 Å². The fraction of sp³-hybridized carbons (Fsp3) is 0.0588. The van der Waals surface area contributed by atoms with Crippen LogP contribution in [0.2, 0.25) is 0 Å². The Balaban J connectivity index is 2.37. The van der Waals surface area contributed by atoms with E-state index in [9.17, 15) is 5.11 Å². The Hall–Kier alpha value is -2.20. The summed E-state index contributed by atoms with van der Waals surface area (Å²) in [6.07, 6.45) is 1.62.